The fourth-order valence-electron chi connectivity index (χ4n) is 7.62. The van der Waals surface area contributed by atoms with Crippen LogP contribution >= 0.6 is 0 Å². The average molecular weight is 723 g/mol. The molecular weight excluding hydrogens is 678 g/mol. The fourth-order valence-corrected chi connectivity index (χ4v) is 7.62. The van der Waals surface area contributed by atoms with Crippen LogP contribution < -0.4 is 9.47 Å². The van der Waals surface area contributed by atoms with Crippen molar-refractivity contribution < 1.29 is 38.8 Å². The van der Waals surface area contributed by atoms with Crippen molar-refractivity contribution in [2.75, 3.05) is 18.1 Å². The Balaban J connectivity index is 1.62. The number of benzene rings is 2. The maximum Gasteiger partial charge on any atom is 0.305 e. The number of imidazole rings is 1. The lowest BCUT2D eigenvalue weighted by molar-refractivity contribution is -0.674. The molecule has 0 fully saturated rings. The van der Waals surface area contributed by atoms with Crippen LogP contribution in [0.15, 0.2) is 82.6 Å². The van der Waals surface area contributed by atoms with Crippen LogP contribution in [0.1, 0.15) is 77.1 Å². The lowest BCUT2D eigenvalue weighted by Gasteiger charge is -2.30. The molecule has 53 heavy (non-hydrogen) atoms. The minimum absolute atomic E-state index is 0.00356. The van der Waals surface area contributed by atoms with E-state index in [0.717, 1.165) is 56.9 Å². The zero-order chi connectivity index (χ0) is 38.3. The molecule has 0 unspecified atom stereocenters. The smallest absolute Gasteiger partial charge is 0.305 e. The van der Waals surface area contributed by atoms with Crippen LogP contribution in [0.25, 0.3) is 17.1 Å². The Morgan fingerprint density at radius 2 is 1.85 bits per heavy atom. The molecule has 1 aliphatic heterocycles. The Morgan fingerprint density at radius 1 is 1.09 bits per heavy atom. The van der Waals surface area contributed by atoms with E-state index in [0.29, 0.717) is 50.8 Å². The van der Waals surface area contributed by atoms with E-state index in [1.165, 1.54) is 6.07 Å². The van der Waals surface area contributed by atoms with Gasteiger partial charge in [0.05, 0.1) is 29.5 Å². The van der Waals surface area contributed by atoms with Gasteiger partial charge in [-0.25, -0.2) is 9.13 Å². The molecular formula is C40H44N5O8+. The maximum atomic E-state index is 11.7. The molecule has 2 aromatic carbocycles. The van der Waals surface area contributed by atoms with Crippen LogP contribution in [0.3, 0.4) is 0 Å². The molecule has 0 saturated heterocycles. The first-order chi connectivity index (χ1) is 25.4. The zero-order valence-corrected chi connectivity index (χ0v) is 30.2. The topological polar surface area (TPSA) is 180 Å². The van der Waals surface area contributed by atoms with Gasteiger partial charge in [-0.1, -0.05) is 39.0 Å². The number of hydrogen-bond acceptors (Lipinski definition) is 8. The summed E-state index contributed by atoms with van der Waals surface area (Å²) in [5, 5.41) is 41.2. The van der Waals surface area contributed by atoms with Crippen molar-refractivity contribution in [2.45, 2.75) is 84.2 Å². The van der Waals surface area contributed by atoms with Gasteiger partial charge < -0.3 is 19.8 Å². The number of para-hydroxylation sites is 2. The number of carboxylic acids is 2. The van der Waals surface area contributed by atoms with Gasteiger partial charge in [0.25, 0.3) is 18.0 Å². The predicted molar refractivity (Wildman–Crippen MR) is 198 cm³/mol. The third kappa shape index (κ3) is 8.07. The fraction of sp³-hybridized carbons (Fsp3) is 0.375. The number of nitro groups is 1. The van der Waals surface area contributed by atoms with Gasteiger partial charge in [0.15, 0.2) is 11.0 Å². The predicted octanol–water partition coefficient (Wildman–Crippen LogP) is 6.76. The van der Waals surface area contributed by atoms with Crippen molar-refractivity contribution in [1.82, 2.24) is 4.57 Å². The molecule has 2 N–H and O–H groups in total. The quantitative estimate of drug-likeness (QED) is 0.0528. The second-order valence-electron chi connectivity index (χ2n) is 13.6. The Morgan fingerprint density at radius 3 is 2.53 bits per heavy atom. The first kappa shape index (κ1) is 38.2. The van der Waals surface area contributed by atoms with Crippen LogP contribution in [-0.4, -0.2) is 51.3 Å². The van der Waals surface area contributed by atoms with Gasteiger partial charge in [-0.05, 0) is 78.7 Å². The number of allylic oxidation sites excluding steroid dienone is 7. The highest BCUT2D eigenvalue weighted by Crippen LogP contribution is 2.51. The van der Waals surface area contributed by atoms with Gasteiger partial charge in [0.1, 0.15) is 13.2 Å². The monoisotopic (exact) mass is 722 g/mol. The molecule has 5 rings (SSSR count). The number of anilines is 1. The number of ether oxygens (including phenoxy) is 1. The first-order valence-corrected chi connectivity index (χ1v) is 17.7. The third-order valence-corrected chi connectivity index (χ3v) is 9.97. The summed E-state index contributed by atoms with van der Waals surface area (Å²) >= 11 is 0. The molecule has 2 heterocycles. The minimum atomic E-state index is -0.953. The largest absolute Gasteiger partial charge is 0.481 e. The first-order valence-electron chi connectivity index (χ1n) is 17.7. The van der Waals surface area contributed by atoms with Gasteiger partial charge in [-0.2, -0.15) is 5.26 Å². The van der Waals surface area contributed by atoms with Crippen LogP contribution in [-0.2, 0) is 37.6 Å². The zero-order valence-electron chi connectivity index (χ0n) is 30.2. The summed E-state index contributed by atoms with van der Waals surface area (Å²) in [4.78, 5) is 47.3. The molecule has 0 bridgehead atoms. The molecule has 1 aromatic heterocycles. The van der Waals surface area contributed by atoms with E-state index >= 15 is 0 Å². The molecule has 13 nitrogen and oxygen atoms in total. The Bertz CT molecular complexity index is 2110. The number of aryl methyl sites for hydroxylation is 1. The van der Waals surface area contributed by atoms with Gasteiger partial charge in [-0.3, -0.25) is 24.5 Å². The summed E-state index contributed by atoms with van der Waals surface area (Å²) in [6.07, 6.45) is 8.88. The summed E-state index contributed by atoms with van der Waals surface area (Å²) in [6, 6.07) is 14.9. The lowest BCUT2D eigenvalue weighted by atomic mass is 9.80. The highest BCUT2D eigenvalue weighted by molar-refractivity contribution is 5.76. The number of hydrogen-bond donors (Lipinski definition) is 2. The van der Waals surface area contributed by atoms with Crippen LogP contribution in [0.4, 0.5) is 11.4 Å². The number of aliphatic carboxylic acids is 2. The van der Waals surface area contributed by atoms with Crippen molar-refractivity contribution in [1.29, 1.82) is 5.26 Å². The molecule has 1 aliphatic carbocycles. The normalized spacial score (nSPS) is 16.9. The number of nitrogens with zero attached hydrogens (tertiary/aromatic N) is 5. The van der Waals surface area contributed by atoms with Crippen LogP contribution in [0.5, 0.6) is 0 Å². The molecule has 276 valence electrons. The van der Waals surface area contributed by atoms with E-state index in [1.807, 2.05) is 72.7 Å². The molecule has 13 heteroatoms. The number of carbonyl (C=O) groups is 3. The Hall–Kier alpha value is -6.03. The molecule has 0 atom stereocenters. The summed E-state index contributed by atoms with van der Waals surface area (Å²) in [5.74, 6) is -1.06. The molecule has 0 spiro atoms. The summed E-state index contributed by atoms with van der Waals surface area (Å²) in [6.45, 7) is 7.52. The number of carbonyl (C=O) groups excluding carboxylic acids is 1. The maximum absolute atomic E-state index is 11.7. The van der Waals surface area contributed by atoms with E-state index < -0.39 is 22.3 Å². The summed E-state index contributed by atoms with van der Waals surface area (Å²) in [5.41, 5.74) is 6.56. The van der Waals surface area contributed by atoms with Gasteiger partial charge in [0, 0.05) is 48.0 Å². The Labute approximate surface area is 307 Å². The van der Waals surface area contributed by atoms with Gasteiger partial charge in [0.2, 0.25) is 0 Å². The van der Waals surface area contributed by atoms with Crippen molar-refractivity contribution in [3.63, 3.8) is 0 Å². The molecule has 0 radical (unpaired) electrons. The average Bonchev–Trinajstić information content (AvgIpc) is 3.54. The second kappa shape index (κ2) is 16.5. The minimum Gasteiger partial charge on any atom is -0.481 e. The summed E-state index contributed by atoms with van der Waals surface area (Å²) in [7, 11) is 0. The van der Waals surface area contributed by atoms with Crippen LogP contribution in [0.2, 0.25) is 0 Å². The highest BCUT2D eigenvalue weighted by Gasteiger charge is 2.42. The molecule has 2 aliphatic rings. The number of aromatic nitrogens is 2. The summed E-state index contributed by atoms with van der Waals surface area (Å²) < 4.78 is 9.12. The number of carboxylic acid groups (broad SMARTS) is 2. The van der Waals surface area contributed by atoms with Crippen molar-refractivity contribution >= 4 is 46.9 Å². The number of nitriles is 1. The van der Waals surface area contributed by atoms with Crippen LogP contribution in [0, 0.1) is 21.4 Å². The van der Waals surface area contributed by atoms with E-state index in [9.17, 15) is 40.0 Å². The molecule has 3 aromatic rings. The number of nitro benzene ring substituents is 1. The second-order valence-corrected chi connectivity index (χ2v) is 13.6. The Kier molecular flexibility index (Phi) is 11.9. The number of fused-ring (bicyclic) bond motifs is 2. The van der Waals surface area contributed by atoms with E-state index in [-0.39, 0.29) is 31.7 Å². The number of rotatable bonds is 16. The van der Waals surface area contributed by atoms with E-state index in [2.05, 4.69) is 10.6 Å². The highest BCUT2D eigenvalue weighted by atomic mass is 16.6. The van der Waals surface area contributed by atoms with Crippen molar-refractivity contribution in [3.8, 4) is 6.07 Å². The van der Waals surface area contributed by atoms with Crippen molar-refractivity contribution in [3.05, 3.63) is 104 Å². The van der Waals surface area contributed by atoms with Gasteiger partial charge in [-0.15, -0.1) is 0 Å². The molecule has 0 saturated carbocycles. The molecule has 0 amide bonds. The van der Waals surface area contributed by atoms with Gasteiger partial charge >= 0.3 is 11.9 Å². The van der Waals surface area contributed by atoms with E-state index in [1.54, 1.807) is 12.1 Å². The third-order valence-electron chi connectivity index (χ3n) is 9.97. The van der Waals surface area contributed by atoms with Crippen molar-refractivity contribution in [2.24, 2.45) is 0 Å². The van der Waals surface area contributed by atoms with E-state index in [4.69, 9.17) is 4.74 Å². The standard InChI is InChI=1S/C40H43N5O8/c1-4-27(39-40(2,3)32-24-30(45(51)52)15-16-33(32)44(39)20-18-38(49)50)23-29-10-7-9-28(31(29)25-41)14-17-36-42(19-8-13-37(47)48)34-11-5-6-12-35(34)43(36)21-22-53-26-46/h5-6,11-12,14-17,23-24,26H,4,7-10,13,18-22H2,1-3H3,(H-,47,48,49,50)/p+1. The SMILES string of the molecule is CCC(/C=C1\CCCC(/C=C/c2n(CCOC=O)c3ccccc3[n+]2CCCC(=O)O)=C1C#N)=C1N(CCC(=O)O)c2ccc([N+](=O)[O-])cc2C1(C)C. The lowest BCUT2D eigenvalue weighted by Crippen LogP contribution is -2.37. The number of non-ortho nitro benzene ring substituents is 1.